The molecule has 1 aromatic rings. The molecule has 0 saturated carbocycles. The van der Waals surface area contributed by atoms with Crippen LogP contribution in [0.4, 0.5) is 13.2 Å². The summed E-state index contributed by atoms with van der Waals surface area (Å²) in [6.07, 6.45) is -4.35. The molecule has 3 N–H and O–H groups in total. The van der Waals surface area contributed by atoms with Gasteiger partial charge in [-0.05, 0) is 24.1 Å². The molecule has 0 spiro atoms. The van der Waals surface area contributed by atoms with Crippen LogP contribution in [0, 0.1) is 0 Å². The van der Waals surface area contributed by atoms with Gasteiger partial charge in [-0.25, -0.2) is 0 Å². The highest BCUT2D eigenvalue weighted by atomic mass is 19.4. The van der Waals surface area contributed by atoms with Gasteiger partial charge in [0, 0.05) is 32.7 Å². The maximum absolute atomic E-state index is 12.9. The normalized spacial score (nSPS) is 17.4. The monoisotopic (exact) mass is 290 g/mol. The van der Waals surface area contributed by atoms with Gasteiger partial charge in [0.05, 0.1) is 5.56 Å². The lowest BCUT2D eigenvalue weighted by Gasteiger charge is -2.27. The van der Waals surface area contributed by atoms with Crippen LogP contribution in [0.1, 0.15) is 11.1 Å². The second-order valence-electron chi connectivity index (χ2n) is 4.84. The summed E-state index contributed by atoms with van der Waals surface area (Å²) in [5.74, 6) is -1.27. The van der Waals surface area contributed by atoms with Crippen LogP contribution in [-0.2, 0) is 12.6 Å². The molecule has 0 aliphatic carbocycles. The van der Waals surface area contributed by atoms with Gasteiger partial charge in [-0.3, -0.25) is 0 Å². The van der Waals surface area contributed by atoms with Gasteiger partial charge in [-0.1, -0.05) is 0 Å². The van der Waals surface area contributed by atoms with Crippen molar-refractivity contribution in [3.05, 3.63) is 23.3 Å². The summed E-state index contributed by atoms with van der Waals surface area (Å²) in [6.45, 7) is 3.74. The Morgan fingerprint density at radius 1 is 1.10 bits per heavy atom. The van der Waals surface area contributed by atoms with Crippen LogP contribution in [0.3, 0.4) is 0 Å². The molecule has 112 valence electrons. The minimum atomic E-state index is -4.54. The zero-order valence-corrected chi connectivity index (χ0v) is 10.9. The lowest BCUT2D eigenvalue weighted by molar-refractivity contribution is -0.138. The van der Waals surface area contributed by atoms with Crippen LogP contribution in [0.5, 0.6) is 11.5 Å². The highest BCUT2D eigenvalue weighted by Crippen LogP contribution is 2.38. The SMILES string of the molecule is Oc1cc(CCN2CCNCC2)c(C(F)(F)F)cc1O. The zero-order valence-electron chi connectivity index (χ0n) is 10.9. The highest BCUT2D eigenvalue weighted by Gasteiger charge is 2.34. The number of hydrogen-bond acceptors (Lipinski definition) is 4. The summed E-state index contributed by atoms with van der Waals surface area (Å²) in [5, 5.41) is 21.8. The summed E-state index contributed by atoms with van der Waals surface area (Å²) < 4.78 is 38.7. The molecule has 0 amide bonds. The molecule has 7 heteroatoms. The average molecular weight is 290 g/mol. The van der Waals surface area contributed by atoms with Crippen LogP contribution < -0.4 is 5.32 Å². The van der Waals surface area contributed by atoms with E-state index < -0.39 is 23.2 Å². The molecule has 0 bridgehead atoms. The molecule has 1 saturated heterocycles. The number of phenolic OH excluding ortho intramolecular Hbond substituents is 2. The number of nitrogens with zero attached hydrogens (tertiary/aromatic N) is 1. The number of piperazine rings is 1. The molecule has 0 radical (unpaired) electrons. The van der Waals surface area contributed by atoms with Gasteiger partial charge in [0.25, 0.3) is 0 Å². The van der Waals surface area contributed by atoms with Crippen LogP contribution in [0.25, 0.3) is 0 Å². The van der Waals surface area contributed by atoms with Crippen LogP contribution in [-0.4, -0.2) is 47.8 Å². The Morgan fingerprint density at radius 3 is 2.30 bits per heavy atom. The fourth-order valence-electron chi connectivity index (χ4n) is 2.30. The van der Waals surface area contributed by atoms with Crippen molar-refractivity contribution in [3.8, 4) is 11.5 Å². The Hall–Kier alpha value is -1.47. The Morgan fingerprint density at radius 2 is 1.70 bits per heavy atom. The van der Waals surface area contributed by atoms with E-state index in [1.807, 2.05) is 0 Å². The van der Waals surface area contributed by atoms with Gasteiger partial charge in [-0.15, -0.1) is 0 Å². The number of rotatable bonds is 3. The van der Waals surface area contributed by atoms with E-state index in [2.05, 4.69) is 10.2 Å². The van der Waals surface area contributed by atoms with E-state index in [9.17, 15) is 23.4 Å². The number of hydrogen-bond donors (Lipinski definition) is 3. The molecule has 4 nitrogen and oxygen atoms in total. The van der Waals surface area contributed by atoms with Crippen LogP contribution in [0.15, 0.2) is 12.1 Å². The summed E-state index contributed by atoms with van der Waals surface area (Å²) in [5.41, 5.74) is -0.880. The van der Waals surface area contributed by atoms with Crippen molar-refractivity contribution in [2.75, 3.05) is 32.7 Å². The number of benzene rings is 1. The lowest BCUT2D eigenvalue weighted by Crippen LogP contribution is -2.44. The molecular formula is C13H17F3N2O2. The summed E-state index contributed by atoms with van der Waals surface area (Å²) in [4.78, 5) is 2.07. The third-order valence-corrected chi connectivity index (χ3v) is 3.41. The van der Waals surface area contributed by atoms with Gasteiger partial charge < -0.3 is 20.4 Å². The maximum Gasteiger partial charge on any atom is 0.416 e. The first kappa shape index (κ1) is 14.9. The molecule has 1 aliphatic heterocycles. The van der Waals surface area contributed by atoms with Crippen molar-refractivity contribution in [1.29, 1.82) is 0 Å². The van der Waals surface area contributed by atoms with E-state index in [0.717, 1.165) is 32.2 Å². The number of alkyl halides is 3. The molecule has 1 aromatic carbocycles. The predicted molar refractivity (Wildman–Crippen MR) is 67.8 cm³/mol. The van der Waals surface area contributed by atoms with E-state index >= 15 is 0 Å². The van der Waals surface area contributed by atoms with Crippen molar-refractivity contribution in [2.24, 2.45) is 0 Å². The number of phenols is 2. The molecule has 0 atom stereocenters. The van der Waals surface area contributed by atoms with Crippen molar-refractivity contribution in [1.82, 2.24) is 10.2 Å². The van der Waals surface area contributed by atoms with Crippen LogP contribution in [0.2, 0.25) is 0 Å². The Bertz CT molecular complexity index is 471. The van der Waals surface area contributed by atoms with E-state index in [-0.39, 0.29) is 12.0 Å². The highest BCUT2D eigenvalue weighted by molar-refractivity contribution is 5.46. The minimum Gasteiger partial charge on any atom is -0.504 e. The fourth-order valence-corrected chi connectivity index (χ4v) is 2.30. The molecule has 1 heterocycles. The summed E-state index contributed by atoms with van der Waals surface area (Å²) in [6, 6.07) is 1.59. The van der Waals surface area contributed by atoms with Gasteiger partial charge in [-0.2, -0.15) is 13.2 Å². The average Bonchev–Trinajstić information content (AvgIpc) is 2.39. The first-order valence-electron chi connectivity index (χ1n) is 6.43. The molecule has 20 heavy (non-hydrogen) atoms. The number of nitrogens with one attached hydrogen (secondary N) is 1. The number of aromatic hydroxyl groups is 2. The van der Waals surface area contributed by atoms with Gasteiger partial charge >= 0.3 is 6.18 Å². The topological polar surface area (TPSA) is 55.7 Å². The minimum absolute atomic E-state index is 0.00586. The third kappa shape index (κ3) is 3.55. The smallest absolute Gasteiger partial charge is 0.416 e. The second kappa shape index (κ2) is 5.88. The Kier molecular flexibility index (Phi) is 4.39. The molecule has 0 unspecified atom stereocenters. The second-order valence-corrected chi connectivity index (χ2v) is 4.84. The Labute approximate surface area is 114 Å². The van der Waals surface area contributed by atoms with Crippen molar-refractivity contribution in [2.45, 2.75) is 12.6 Å². The third-order valence-electron chi connectivity index (χ3n) is 3.41. The number of halogens is 3. The molecular weight excluding hydrogens is 273 g/mol. The first-order valence-corrected chi connectivity index (χ1v) is 6.43. The van der Waals surface area contributed by atoms with E-state index in [1.54, 1.807) is 0 Å². The van der Waals surface area contributed by atoms with Crippen LogP contribution >= 0.6 is 0 Å². The Balaban J connectivity index is 2.14. The van der Waals surface area contributed by atoms with Gasteiger partial charge in [0.1, 0.15) is 0 Å². The lowest BCUT2D eigenvalue weighted by atomic mass is 10.0. The van der Waals surface area contributed by atoms with Gasteiger partial charge in [0.2, 0.25) is 0 Å². The maximum atomic E-state index is 12.9. The van der Waals surface area contributed by atoms with E-state index in [1.165, 1.54) is 0 Å². The van der Waals surface area contributed by atoms with E-state index in [4.69, 9.17) is 0 Å². The standard InChI is InChI=1S/C13H17F3N2O2/c14-13(15,16)10-8-12(20)11(19)7-9(10)1-4-18-5-2-17-3-6-18/h7-8,17,19-20H,1-6H2. The van der Waals surface area contributed by atoms with Crippen molar-refractivity contribution in [3.63, 3.8) is 0 Å². The summed E-state index contributed by atoms with van der Waals surface area (Å²) in [7, 11) is 0. The molecule has 2 rings (SSSR count). The molecule has 1 fully saturated rings. The zero-order chi connectivity index (χ0) is 14.8. The predicted octanol–water partition coefficient (Wildman–Crippen LogP) is 1.56. The first-order chi connectivity index (χ1) is 9.38. The van der Waals surface area contributed by atoms with E-state index in [0.29, 0.717) is 12.6 Å². The van der Waals surface area contributed by atoms with Crippen molar-refractivity contribution < 1.29 is 23.4 Å². The van der Waals surface area contributed by atoms with Crippen molar-refractivity contribution >= 4 is 0 Å². The summed E-state index contributed by atoms with van der Waals surface area (Å²) >= 11 is 0. The largest absolute Gasteiger partial charge is 0.504 e. The fraction of sp³-hybridized carbons (Fsp3) is 0.538. The molecule has 0 aromatic heterocycles. The van der Waals surface area contributed by atoms with Gasteiger partial charge in [0.15, 0.2) is 11.5 Å². The quantitative estimate of drug-likeness (QED) is 0.740. The molecule has 1 aliphatic rings.